The van der Waals surface area contributed by atoms with E-state index in [9.17, 15) is 9.59 Å². The first-order valence-electron chi connectivity index (χ1n) is 8.22. The van der Waals surface area contributed by atoms with E-state index in [1.54, 1.807) is 30.3 Å². The molecule has 0 bridgehead atoms. The van der Waals surface area contributed by atoms with Crippen molar-refractivity contribution in [3.8, 4) is 0 Å². The molecule has 8 heteroatoms. The number of ether oxygens (including phenoxy) is 1. The molecule has 2 aromatic heterocycles. The van der Waals surface area contributed by atoms with Crippen LogP contribution in [-0.2, 0) is 11.2 Å². The van der Waals surface area contributed by atoms with Gasteiger partial charge in [-0.3, -0.25) is 14.7 Å². The molecule has 25 heavy (non-hydrogen) atoms. The third-order valence-electron chi connectivity index (χ3n) is 4.12. The van der Waals surface area contributed by atoms with E-state index in [0.717, 1.165) is 5.69 Å². The van der Waals surface area contributed by atoms with Gasteiger partial charge in [0.2, 0.25) is 0 Å². The molecule has 8 nitrogen and oxygen atoms in total. The molecule has 1 aliphatic heterocycles. The molecular formula is C17H21N5O3. The molecule has 2 amide bonds. The molecule has 3 rings (SSSR count). The van der Waals surface area contributed by atoms with Crippen molar-refractivity contribution in [2.45, 2.75) is 6.42 Å². The van der Waals surface area contributed by atoms with Crippen molar-refractivity contribution >= 4 is 11.8 Å². The van der Waals surface area contributed by atoms with Crippen LogP contribution in [0.25, 0.3) is 0 Å². The Kier molecular flexibility index (Phi) is 5.39. The van der Waals surface area contributed by atoms with E-state index in [0.29, 0.717) is 44.1 Å². The van der Waals surface area contributed by atoms with E-state index in [4.69, 9.17) is 4.74 Å². The van der Waals surface area contributed by atoms with E-state index >= 15 is 0 Å². The molecule has 2 N–H and O–H groups in total. The monoisotopic (exact) mass is 343 g/mol. The van der Waals surface area contributed by atoms with Crippen molar-refractivity contribution < 1.29 is 14.3 Å². The van der Waals surface area contributed by atoms with Crippen molar-refractivity contribution in [1.29, 1.82) is 0 Å². The normalized spacial score (nSPS) is 17.8. The Labute approximate surface area is 145 Å². The van der Waals surface area contributed by atoms with Crippen molar-refractivity contribution in [2.75, 3.05) is 33.4 Å². The Hall–Kier alpha value is -2.74. The lowest BCUT2D eigenvalue weighted by Crippen LogP contribution is -2.36. The van der Waals surface area contributed by atoms with Crippen LogP contribution in [0.4, 0.5) is 0 Å². The Morgan fingerprint density at radius 1 is 1.40 bits per heavy atom. The first-order chi connectivity index (χ1) is 12.2. The largest absolute Gasteiger partial charge is 0.379 e. The van der Waals surface area contributed by atoms with Gasteiger partial charge in [-0.2, -0.15) is 5.10 Å². The quantitative estimate of drug-likeness (QED) is 0.842. The number of hydrogen-bond acceptors (Lipinski definition) is 5. The number of H-pyrrole nitrogens is 1. The summed E-state index contributed by atoms with van der Waals surface area (Å²) in [6.45, 7) is 2.17. The highest BCUT2D eigenvalue weighted by molar-refractivity contribution is 5.92. The maximum absolute atomic E-state index is 12.5. The predicted octanol–water partition coefficient (Wildman–Crippen LogP) is 0.496. The van der Waals surface area contributed by atoms with Crippen LogP contribution in [0.2, 0.25) is 0 Å². The van der Waals surface area contributed by atoms with Gasteiger partial charge in [0.15, 0.2) is 0 Å². The van der Waals surface area contributed by atoms with Gasteiger partial charge in [-0.05, 0) is 24.6 Å². The molecule has 0 aliphatic carbocycles. The first-order valence-corrected chi connectivity index (χ1v) is 8.22. The van der Waals surface area contributed by atoms with Crippen LogP contribution in [0.5, 0.6) is 0 Å². The average Bonchev–Trinajstić information content (AvgIpc) is 3.08. The lowest BCUT2D eigenvalue weighted by Gasteiger charge is -2.23. The SMILES string of the molecule is CNC(=O)c1cccc(CC2COCCN(C(=O)c3ccn[nH]3)C2)n1. The fourth-order valence-corrected chi connectivity index (χ4v) is 2.88. The molecule has 3 heterocycles. The van der Waals surface area contributed by atoms with E-state index in [1.165, 1.54) is 0 Å². The number of carbonyl (C=O) groups excluding carboxylic acids is 2. The van der Waals surface area contributed by atoms with E-state index in [1.807, 2.05) is 12.1 Å². The molecular weight excluding hydrogens is 322 g/mol. The van der Waals surface area contributed by atoms with Gasteiger partial charge in [0, 0.05) is 37.9 Å². The zero-order valence-electron chi connectivity index (χ0n) is 14.1. The summed E-state index contributed by atoms with van der Waals surface area (Å²) in [5.41, 5.74) is 1.67. The summed E-state index contributed by atoms with van der Waals surface area (Å²) in [6.07, 6.45) is 2.20. The minimum absolute atomic E-state index is 0.0833. The third kappa shape index (κ3) is 4.21. The smallest absolute Gasteiger partial charge is 0.271 e. The molecule has 2 aromatic rings. The molecule has 0 saturated carbocycles. The summed E-state index contributed by atoms with van der Waals surface area (Å²) < 4.78 is 5.65. The van der Waals surface area contributed by atoms with Crippen molar-refractivity contribution in [3.63, 3.8) is 0 Å². The number of nitrogens with one attached hydrogen (secondary N) is 2. The molecule has 0 aromatic carbocycles. The van der Waals surface area contributed by atoms with Gasteiger partial charge in [-0.15, -0.1) is 0 Å². The maximum Gasteiger partial charge on any atom is 0.271 e. The van der Waals surface area contributed by atoms with Crippen molar-refractivity contribution in [3.05, 3.63) is 47.5 Å². The highest BCUT2D eigenvalue weighted by atomic mass is 16.5. The number of amides is 2. The summed E-state index contributed by atoms with van der Waals surface area (Å²) >= 11 is 0. The molecule has 1 unspecified atom stereocenters. The van der Waals surface area contributed by atoms with Gasteiger partial charge in [0.25, 0.3) is 11.8 Å². The van der Waals surface area contributed by atoms with Crippen LogP contribution in [0.3, 0.4) is 0 Å². The Bertz CT molecular complexity index is 732. The minimum Gasteiger partial charge on any atom is -0.379 e. The number of carbonyl (C=O) groups is 2. The third-order valence-corrected chi connectivity index (χ3v) is 4.12. The number of pyridine rings is 1. The van der Waals surface area contributed by atoms with Gasteiger partial charge in [0.1, 0.15) is 11.4 Å². The molecule has 0 radical (unpaired) electrons. The van der Waals surface area contributed by atoms with Crippen LogP contribution >= 0.6 is 0 Å². The molecule has 0 spiro atoms. The van der Waals surface area contributed by atoms with Gasteiger partial charge in [0.05, 0.1) is 13.2 Å². The van der Waals surface area contributed by atoms with Crippen LogP contribution < -0.4 is 5.32 Å². The predicted molar refractivity (Wildman–Crippen MR) is 90.1 cm³/mol. The van der Waals surface area contributed by atoms with Crippen molar-refractivity contribution in [2.24, 2.45) is 5.92 Å². The minimum atomic E-state index is -0.213. The van der Waals surface area contributed by atoms with Crippen LogP contribution in [0.1, 0.15) is 26.7 Å². The molecule has 1 saturated heterocycles. The number of aromatic amines is 1. The fourth-order valence-electron chi connectivity index (χ4n) is 2.88. The second-order valence-electron chi connectivity index (χ2n) is 5.96. The van der Waals surface area contributed by atoms with E-state index in [-0.39, 0.29) is 17.7 Å². The number of nitrogens with zero attached hydrogens (tertiary/aromatic N) is 3. The second kappa shape index (κ2) is 7.89. The van der Waals surface area contributed by atoms with E-state index < -0.39 is 0 Å². The summed E-state index contributed by atoms with van der Waals surface area (Å²) in [4.78, 5) is 30.4. The molecule has 132 valence electrons. The highest BCUT2D eigenvalue weighted by Gasteiger charge is 2.24. The van der Waals surface area contributed by atoms with Gasteiger partial charge in [-0.1, -0.05) is 6.07 Å². The maximum atomic E-state index is 12.5. The lowest BCUT2D eigenvalue weighted by molar-refractivity contribution is 0.0731. The summed E-state index contributed by atoms with van der Waals surface area (Å²) in [5, 5.41) is 9.11. The van der Waals surface area contributed by atoms with Gasteiger partial charge < -0.3 is 15.0 Å². The molecule has 1 atom stereocenters. The van der Waals surface area contributed by atoms with Crippen molar-refractivity contribution in [1.82, 2.24) is 25.4 Å². The zero-order chi connectivity index (χ0) is 17.6. The summed E-state index contributed by atoms with van der Waals surface area (Å²) in [5.74, 6) is -0.183. The van der Waals surface area contributed by atoms with Crippen LogP contribution in [-0.4, -0.2) is 65.2 Å². The van der Waals surface area contributed by atoms with Gasteiger partial charge in [-0.25, -0.2) is 4.98 Å². The molecule has 1 aliphatic rings. The Morgan fingerprint density at radius 3 is 3.04 bits per heavy atom. The Morgan fingerprint density at radius 2 is 2.28 bits per heavy atom. The fraction of sp³-hybridized carbons (Fsp3) is 0.412. The lowest BCUT2D eigenvalue weighted by atomic mass is 10.0. The van der Waals surface area contributed by atoms with E-state index in [2.05, 4.69) is 20.5 Å². The number of rotatable bonds is 4. The average molecular weight is 343 g/mol. The topological polar surface area (TPSA) is 100 Å². The first kappa shape index (κ1) is 17.1. The summed E-state index contributed by atoms with van der Waals surface area (Å²) in [7, 11) is 1.58. The van der Waals surface area contributed by atoms with Crippen LogP contribution in [0.15, 0.2) is 30.5 Å². The second-order valence-corrected chi connectivity index (χ2v) is 5.96. The highest BCUT2D eigenvalue weighted by Crippen LogP contribution is 2.15. The summed E-state index contributed by atoms with van der Waals surface area (Å²) in [6, 6.07) is 7.05. The zero-order valence-corrected chi connectivity index (χ0v) is 14.1. The number of aromatic nitrogens is 3. The standard InChI is InChI=1S/C17H21N5O3/c1-18-16(23)14-4-2-3-13(20-14)9-12-10-22(7-8-25-11-12)17(24)15-5-6-19-21-15/h2-6,12H,7-11H2,1H3,(H,18,23)(H,19,21). The van der Waals surface area contributed by atoms with Crippen LogP contribution in [0, 0.1) is 5.92 Å². The Balaban J connectivity index is 1.69. The molecule has 1 fully saturated rings. The number of hydrogen-bond donors (Lipinski definition) is 2. The van der Waals surface area contributed by atoms with Gasteiger partial charge >= 0.3 is 0 Å².